The number of halogens is 1. The van der Waals surface area contributed by atoms with Gasteiger partial charge in [-0.15, -0.1) is 0 Å². The molecule has 4 nitrogen and oxygen atoms in total. The Hall–Kier alpha value is -0.940. The summed E-state index contributed by atoms with van der Waals surface area (Å²) in [6.07, 6.45) is 5.36. The Morgan fingerprint density at radius 1 is 1.50 bits per heavy atom. The molecule has 0 bridgehead atoms. The van der Waals surface area contributed by atoms with Crippen molar-refractivity contribution in [2.45, 2.75) is 30.6 Å². The second-order valence-electron chi connectivity index (χ2n) is 4.43. The van der Waals surface area contributed by atoms with Crippen LogP contribution in [0.25, 0.3) is 0 Å². The lowest BCUT2D eigenvalue weighted by atomic mass is 10.2. The highest BCUT2D eigenvalue weighted by atomic mass is 35.5. The van der Waals surface area contributed by atoms with E-state index in [1.165, 1.54) is 6.07 Å². The van der Waals surface area contributed by atoms with Gasteiger partial charge in [0.05, 0.1) is 4.92 Å². The van der Waals surface area contributed by atoms with E-state index in [-0.39, 0.29) is 10.6 Å². The molecule has 1 aromatic carbocycles. The third-order valence-corrected chi connectivity index (χ3v) is 4.56. The molecule has 2 atom stereocenters. The summed E-state index contributed by atoms with van der Waals surface area (Å²) in [6.45, 7) is 0. The van der Waals surface area contributed by atoms with Gasteiger partial charge in [0, 0.05) is 22.4 Å². The molecule has 0 saturated heterocycles. The molecule has 2 rings (SSSR count). The first-order valence-corrected chi connectivity index (χ1v) is 7.50. The summed E-state index contributed by atoms with van der Waals surface area (Å²) in [5.74, 6) is 0. The average molecular weight is 287 g/mol. The quantitative estimate of drug-likeness (QED) is 0.673. The van der Waals surface area contributed by atoms with Gasteiger partial charge in [0.2, 0.25) is 0 Å². The molecular formula is C12H15ClN2O2S. The Labute approximate surface area is 115 Å². The van der Waals surface area contributed by atoms with Gasteiger partial charge in [-0.2, -0.15) is 11.8 Å². The van der Waals surface area contributed by atoms with E-state index in [0.717, 1.165) is 19.3 Å². The van der Waals surface area contributed by atoms with E-state index in [1.54, 1.807) is 12.1 Å². The molecular weight excluding hydrogens is 272 g/mol. The molecule has 0 heterocycles. The van der Waals surface area contributed by atoms with Crippen LogP contribution in [0.1, 0.15) is 19.3 Å². The molecule has 1 saturated carbocycles. The van der Waals surface area contributed by atoms with Crippen molar-refractivity contribution in [2.75, 3.05) is 11.6 Å². The van der Waals surface area contributed by atoms with Crippen molar-refractivity contribution in [1.29, 1.82) is 0 Å². The molecule has 6 heteroatoms. The summed E-state index contributed by atoms with van der Waals surface area (Å²) in [7, 11) is 0. The first-order chi connectivity index (χ1) is 8.60. The Morgan fingerprint density at radius 2 is 2.28 bits per heavy atom. The number of rotatable bonds is 4. The van der Waals surface area contributed by atoms with Gasteiger partial charge in [-0.05, 0) is 37.7 Å². The van der Waals surface area contributed by atoms with Crippen molar-refractivity contribution in [3.05, 3.63) is 33.3 Å². The van der Waals surface area contributed by atoms with Crippen molar-refractivity contribution in [1.82, 2.24) is 0 Å². The molecule has 0 amide bonds. The van der Waals surface area contributed by atoms with Gasteiger partial charge in [-0.25, -0.2) is 0 Å². The van der Waals surface area contributed by atoms with E-state index in [4.69, 9.17) is 11.6 Å². The number of hydrogen-bond donors (Lipinski definition) is 1. The lowest BCUT2D eigenvalue weighted by molar-refractivity contribution is -0.384. The summed E-state index contributed by atoms with van der Waals surface area (Å²) in [4.78, 5) is 10.6. The maximum atomic E-state index is 10.9. The second-order valence-corrected chi connectivity index (χ2v) is 6.01. The number of anilines is 1. The van der Waals surface area contributed by atoms with Crippen molar-refractivity contribution in [2.24, 2.45) is 0 Å². The molecule has 1 N–H and O–H groups in total. The van der Waals surface area contributed by atoms with Crippen LogP contribution in [0.2, 0.25) is 5.02 Å². The topological polar surface area (TPSA) is 55.2 Å². The number of hydrogen-bond acceptors (Lipinski definition) is 4. The molecule has 1 fully saturated rings. The van der Waals surface area contributed by atoms with Crippen LogP contribution in [0, 0.1) is 10.1 Å². The second kappa shape index (κ2) is 5.80. The normalized spacial score (nSPS) is 23.0. The molecule has 98 valence electrons. The summed E-state index contributed by atoms with van der Waals surface area (Å²) in [6, 6.07) is 4.93. The van der Waals surface area contributed by atoms with Crippen molar-refractivity contribution in [3.63, 3.8) is 0 Å². The maximum absolute atomic E-state index is 10.9. The van der Waals surface area contributed by atoms with Gasteiger partial charge < -0.3 is 5.32 Å². The molecule has 2 unspecified atom stereocenters. The van der Waals surface area contributed by atoms with Crippen LogP contribution >= 0.6 is 23.4 Å². The third-order valence-electron chi connectivity index (χ3n) is 3.23. The minimum Gasteiger partial charge on any atom is -0.377 e. The highest BCUT2D eigenvalue weighted by molar-refractivity contribution is 7.99. The molecule has 18 heavy (non-hydrogen) atoms. The van der Waals surface area contributed by atoms with Gasteiger partial charge in [0.25, 0.3) is 5.69 Å². The predicted octanol–water partition coefficient (Wildman–Crippen LogP) is 3.94. The van der Waals surface area contributed by atoms with Crippen LogP contribution in [-0.4, -0.2) is 22.5 Å². The smallest absolute Gasteiger partial charge is 0.292 e. The average Bonchev–Trinajstić information content (AvgIpc) is 2.76. The van der Waals surface area contributed by atoms with Crippen molar-refractivity contribution < 1.29 is 4.92 Å². The minimum atomic E-state index is -0.375. The number of benzene rings is 1. The van der Waals surface area contributed by atoms with E-state index in [9.17, 15) is 10.1 Å². The summed E-state index contributed by atoms with van der Waals surface area (Å²) in [5.41, 5.74) is 0.617. The van der Waals surface area contributed by atoms with Gasteiger partial charge in [0.15, 0.2) is 0 Å². The van der Waals surface area contributed by atoms with E-state index >= 15 is 0 Å². The van der Waals surface area contributed by atoms with Gasteiger partial charge in [-0.1, -0.05) is 11.6 Å². The number of nitrogens with zero attached hydrogens (tertiary/aromatic N) is 1. The summed E-state index contributed by atoms with van der Waals surface area (Å²) < 4.78 is 0. The van der Waals surface area contributed by atoms with Crippen LogP contribution < -0.4 is 5.32 Å². The van der Waals surface area contributed by atoms with Gasteiger partial charge in [0.1, 0.15) is 5.69 Å². The molecule has 0 aromatic heterocycles. The van der Waals surface area contributed by atoms with Crippen LogP contribution in [0.3, 0.4) is 0 Å². The predicted molar refractivity (Wildman–Crippen MR) is 76.7 cm³/mol. The summed E-state index contributed by atoms with van der Waals surface area (Å²) in [5, 5.41) is 15.4. The largest absolute Gasteiger partial charge is 0.377 e. The first kappa shape index (κ1) is 13.5. The SMILES string of the molecule is CSC1CCC(Nc2cc(Cl)ccc2[N+](=O)[O-])C1. The lowest BCUT2D eigenvalue weighted by Crippen LogP contribution is -2.16. The standard InChI is InChI=1S/C12H15ClN2O2S/c1-18-10-4-3-9(7-10)14-11-6-8(13)2-5-12(11)15(16)17/h2,5-6,9-10,14H,3-4,7H2,1H3. The van der Waals surface area contributed by atoms with E-state index in [0.29, 0.717) is 22.0 Å². The maximum Gasteiger partial charge on any atom is 0.292 e. The van der Waals surface area contributed by atoms with Crippen molar-refractivity contribution in [3.8, 4) is 0 Å². The number of thioether (sulfide) groups is 1. The molecule has 1 aromatic rings. The fourth-order valence-electron chi connectivity index (χ4n) is 2.29. The fraction of sp³-hybridized carbons (Fsp3) is 0.500. The minimum absolute atomic E-state index is 0.0898. The Balaban J connectivity index is 2.13. The first-order valence-electron chi connectivity index (χ1n) is 5.83. The van der Waals surface area contributed by atoms with Crippen LogP contribution in [-0.2, 0) is 0 Å². The molecule has 0 aliphatic heterocycles. The van der Waals surface area contributed by atoms with E-state index in [2.05, 4.69) is 11.6 Å². The fourth-order valence-corrected chi connectivity index (χ4v) is 3.26. The molecule has 1 aliphatic carbocycles. The monoisotopic (exact) mass is 286 g/mol. The molecule has 1 aliphatic rings. The molecule has 0 spiro atoms. The number of nitro groups is 1. The summed E-state index contributed by atoms with van der Waals surface area (Å²) >= 11 is 7.76. The van der Waals surface area contributed by atoms with Crippen LogP contribution in [0.5, 0.6) is 0 Å². The highest BCUT2D eigenvalue weighted by Gasteiger charge is 2.25. The van der Waals surface area contributed by atoms with Crippen LogP contribution in [0.15, 0.2) is 18.2 Å². The number of nitrogens with one attached hydrogen (secondary N) is 1. The zero-order chi connectivity index (χ0) is 13.1. The Morgan fingerprint density at radius 3 is 2.89 bits per heavy atom. The zero-order valence-electron chi connectivity index (χ0n) is 10.1. The third kappa shape index (κ3) is 3.09. The van der Waals surface area contributed by atoms with E-state index in [1.807, 2.05) is 11.8 Å². The van der Waals surface area contributed by atoms with E-state index < -0.39 is 0 Å². The van der Waals surface area contributed by atoms with Gasteiger partial charge >= 0.3 is 0 Å². The molecule has 0 radical (unpaired) electrons. The number of nitro benzene ring substituents is 1. The Bertz CT molecular complexity index is 456. The van der Waals surface area contributed by atoms with Crippen LogP contribution in [0.4, 0.5) is 11.4 Å². The highest BCUT2D eigenvalue weighted by Crippen LogP contribution is 2.34. The van der Waals surface area contributed by atoms with Crippen molar-refractivity contribution >= 4 is 34.7 Å². The zero-order valence-corrected chi connectivity index (χ0v) is 11.6. The Kier molecular flexibility index (Phi) is 4.35. The van der Waals surface area contributed by atoms with Gasteiger partial charge in [-0.3, -0.25) is 10.1 Å². The lowest BCUT2D eigenvalue weighted by Gasteiger charge is -2.14.